The molecule has 0 aromatic rings. The highest BCUT2D eigenvalue weighted by Gasteiger charge is 2.27. The van der Waals surface area contributed by atoms with Gasteiger partial charge in [-0.2, -0.15) is 0 Å². The molecular weight excluding hydrogens is 362 g/mol. The number of sulfonamides is 1. The maximum Gasteiger partial charge on any atom is 0.214 e. The van der Waals surface area contributed by atoms with Crippen LogP contribution in [0.25, 0.3) is 0 Å². The number of hydrogen-bond donors (Lipinski definition) is 2. The lowest BCUT2D eigenvalue weighted by molar-refractivity contribution is 0.252. The number of likely N-dealkylation sites (N-methyl/N-ethyl adjacent to an activating group) is 1. The third-order valence-corrected chi connectivity index (χ3v) is 7.74. The van der Waals surface area contributed by atoms with Crippen LogP contribution in [0.15, 0.2) is 4.99 Å². The van der Waals surface area contributed by atoms with Crippen LogP contribution in [0.5, 0.6) is 0 Å². The molecule has 0 spiro atoms. The van der Waals surface area contributed by atoms with Crippen LogP contribution in [0.4, 0.5) is 0 Å². The summed E-state index contributed by atoms with van der Waals surface area (Å²) in [5.41, 5.74) is 0. The van der Waals surface area contributed by atoms with E-state index < -0.39 is 10.0 Å². The SMILES string of the molecule is CCCS(=O)(=O)N1CCC(NC(=NCCN(C)C2CCCC2)NCC)CC1. The van der Waals surface area contributed by atoms with Crippen LogP contribution in [-0.4, -0.2) is 81.2 Å². The number of hydrogen-bond acceptors (Lipinski definition) is 4. The van der Waals surface area contributed by atoms with Gasteiger partial charge in [0.1, 0.15) is 0 Å². The van der Waals surface area contributed by atoms with Crippen molar-refractivity contribution < 1.29 is 8.42 Å². The summed E-state index contributed by atoms with van der Waals surface area (Å²) < 4.78 is 26.0. The summed E-state index contributed by atoms with van der Waals surface area (Å²) in [6.45, 7) is 7.78. The molecule has 0 radical (unpaired) electrons. The zero-order chi connectivity index (χ0) is 19.7. The van der Waals surface area contributed by atoms with Crippen molar-refractivity contribution in [3.8, 4) is 0 Å². The van der Waals surface area contributed by atoms with Gasteiger partial charge in [0.2, 0.25) is 10.0 Å². The molecule has 0 amide bonds. The first-order chi connectivity index (χ1) is 13.0. The molecule has 1 saturated heterocycles. The highest BCUT2D eigenvalue weighted by atomic mass is 32.2. The zero-order valence-corrected chi connectivity index (χ0v) is 18.2. The van der Waals surface area contributed by atoms with E-state index >= 15 is 0 Å². The number of guanidine groups is 1. The monoisotopic (exact) mass is 401 g/mol. The van der Waals surface area contributed by atoms with Crippen molar-refractivity contribution in [2.24, 2.45) is 4.99 Å². The molecule has 0 aromatic carbocycles. The molecule has 7 nitrogen and oxygen atoms in total. The second-order valence-corrected chi connectivity index (χ2v) is 9.90. The van der Waals surface area contributed by atoms with E-state index in [1.165, 1.54) is 25.7 Å². The van der Waals surface area contributed by atoms with E-state index in [0.717, 1.165) is 44.5 Å². The molecule has 1 heterocycles. The fraction of sp³-hybridized carbons (Fsp3) is 0.947. The Morgan fingerprint density at radius 3 is 2.41 bits per heavy atom. The van der Waals surface area contributed by atoms with Crippen LogP contribution in [-0.2, 0) is 10.0 Å². The number of aliphatic imine (C=N–C) groups is 1. The highest BCUT2D eigenvalue weighted by Crippen LogP contribution is 2.22. The Labute approximate surface area is 166 Å². The van der Waals surface area contributed by atoms with Gasteiger partial charge in [-0.15, -0.1) is 0 Å². The minimum Gasteiger partial charge on any atom is -0.357 e. The Balaban J connectivity index is 1.78. The number of rotatable bonds is 9. The van der Waals surface area contributed by atoms with Gasteiger partial charge in [0.15, 0.2) is 5.96 Å². The topological polar surface area (TPSA) is 77.0 Å². The van der Waals surface area contributed by atoms with Crippen molar-refractivity contribution in [2.75, 3.05) is 45.5 Å². The van der Waals surface area contributed by atoms with E-state index in [-0.39, 0.29) is 11.8 Å². The maximum atomic E-state index is 12.2. The molecule has 0 bridgehead atoms. The Morgan fingerprint density at radius 2 is 1.81 bits per heavy atom. The van der Waals surface area contributed by atoms with Crippen LogP contribution in [0, 0.1) is 0 Å². The lowest BCUT2D eigenvalue weighted by Crippen LogP contribution is -2.50. The predicted octanol–water partition coefficient (Wildman–Crippen LogP) is 1.62. The molecule has 1 saturated carbocycles. The quantitative estimate of drug-likeness (QED) is 0.453. The van der Waals surface area contributed by atoms with Crippen LogP contribution in [0.1, 0.15) is 58.8 Å². The third-order valence-electron chi connectivity index (χ3n) is 5.67. The standard InChI is InChI=1S/C19H39N5O2S/c1-4-16-27(25,26)24-13-10-17(11-14-24)22-19(20-5-2)21-12-15-23(3)18-8-6-7-9-18/h17-18H,4-16H2,1-3H3,(H2,20,21,22). The Morgan fingerprint density at radius 1 is 1.15 bits per heavy atom. The van der Waals surface area contributed by atoms with Crippen molar-refractivity contribution in [3.63, 3.8) is 0 Å². The van der Waals surface area contributed by atoms with E-state index in [1.807, 2.05) is 6.92 Å². The van der Waals surface area contributed by atoms with Crippen molar-refractivity contribution in [3.05, 3.63) is 0 Å². The minimum absolute atomic E-state index is 0.254. The maximum absolute atomic E-state index is 12.2. The number of nitrogens with zero attached hydrogens (tertiary/aromatic N) is 3. The van der Waals surface area contributed by atoms with E-state index in [4.69, 9.17) is 4.99 Å². The molecule has 158 valence electrons. The summed E-state index contributed by atoms with van der Waals surface area (Å²) in [6, 6.07) is 1.01. The van der Waals surface area contributed by atoms with E-state index in [0.29, 0.717) is 19.5 Å². The van der Waals surface area contributed by atoms with E-state index in [2.05, 4.69) is 29.5 Å². The average molecular weight is 402 g/mol. The van der Waals surface area contributed by atoms with Gasteiger partial charge < -0.3 is 15.5 Å². The Hall–Kier alpha value is -0.860. The van der Waals surface area contributed by atoms with Gasteiger partial charge in [-0.1, -0.05) is 19.8 Å². The fourth-order valence-electron chi connectivity index (χ4n) is 4.03. The predicted molar refractivity (Wildman–Crippen MR) is 113 cm³/mol. The molecule has 0 aromatic heterocycles. The molecule has 8 heteroatoms. The molecule has 2 N–H and O–H groups in total. The van der Waals surface area contributed by atoms with E-state index in [1.54, 1.807) is 4.31 Å². The van der Waals surface area contributed by atoms with Crippen LogP contribution in [0.3, 0.4) is 0 Å². The fourth-order valence-corrected chi connectivity index (χ4v) is 5.57. The first-order valence-electron chi connectivity index (χ1n) is 10.7. The van der Waals surface area contributed by atoms with Gasteiger partial charge >= 0.3 is 0 Å². The average Bonchev–Trinajstić information content (AvgIpc) is 3.17. The second-order valence-electron chi connectivity index (χ2n) is 7.81. The summed E-state index contributed by atoms with van der Waals surface area (Å²) in [5, 5.41) is 6.83. The zero-order valence-electron chi connectivity index (χ0n) is 17.4. The normalized spacial score (nSPS) is 21.1. The molecule has 27 heavy (non-hydrogen) atoms. The van der Waals surface area contributed by atoms with Crippen molar-refractivity contribution in [1.29, 1.82) is 0 Å². The molecule has 2 aliphatic rings. The van der Waals surface area contributed by atoms with Gasteiger partial charge in [-0.25, -0.2) is 12.7 Å². The van der Waals surface area contributed by atoms with E-state index in [9.17, 15) is 8.42 Å². The van der Waals surface area contributed by atoms with Crippen molar-refractivity contribution in [1.82, 2.24) is 19.8 Å². The van der Waals surface area contributed by atoms with Crippen molar-refractivity contribution >= 4 is 16.0 Å². The summed E-state index contributed by atoms with van der Waals surface area (Å²) in [7, 11) is -0.867. The molecular formula is C19H39N5O2S. The Kier molecular flexibility index (Phi) is 9.32. The third kappa shape index (κ3) is 7.23. The molecule has 1 aliphatic carbocycles. The van der Waals surface area contributed by atoms with Crippen LogP contribution >= 0.6 is 0 Å². The van der Waals surface area contributed by atoms with Gasteiger partial charge in [-0.3, -0.25) is 4.99 Å². The molecule has 2 rings (SSSR count). The Bertz CT molecular complexity index is 552. The van der Waals surface area contributed by atoms with Gasteiger partial charge in [-0.05, 0) is 46.1 Å². The first kappa shape index (κ1) is 22.4. The van der Waals surface area contributed by atoms with Gasteiger partial charge in [0, 0.05) is 38.3 Å². The minimum atomic E-state index is -3.07. The van der Waals surface area contributed by atoms with Gasteiger partial charge in [0.25, 0.3) is 0 Å². The largest absolute Gasteiger partial charge is 0.357 e. The summed E-state index contributed by atoms with van der Waals surface area (Å²) in [5.74, 6) is 1.11. The molecule has 2 fully saturated rings. The lowest BCUT2D eigenvalue weighted by atomic mass is 10.1. The number of piperidine rings is 1. The molecule has 0 unspecified atom stereocenters. The summed E-state index contributed by atoms with van der Waals surface area (Å²) in [4.78, 5) is 7.18. The summed E-state index contributed by atoms with van der Waals surface area (Å²) >= 11 is 0. The van der Waals surface area contributed by atoms with Crippen LogP contribution < -0.4 is 10.6 Å². The van der Waals surface area contributed by atoms with Crippen molar-refractivity contribution in [2.45, 2.75) is 70.9 Å². The smallest absolute Gasteiger partial charge is 0.214 e. The summed E-state index contributed by atoms with van der Waals surface area (Å²) in [6.07, 6.45) is 7.68. The van der Waals surface area contributed by atoms with Gasteiger partial charge in [0.05, 0.1) is 12.3 Å². The number of nitrogens with one attached hydrogen (secondary N) is 2. The first-order valence-corrected chi connectivity index (χ1v) is 12.3. The lowest BCUT2D eigenvalue weighted by Gasteiger charge is -2.32. The highest BCUT2D eigenvalue weighted by molar-refractivity contribution is 7.89. The second kappa shape index (κ2) is 11.2. The molecule has 1 aliphatic heterocycles. The molecule has 0 atom stereocenters. The van der Waals surface area contributed by atoms with Crippen LogP contribution in [0.2, 0.25) is 0 Å².